The summed E-state index contributed by atoms with van der Waals surface area (Å²) < 4.78 is 10.4. The molecule has 2 aromatic carbocycles. The Kier molecular flexibility index (Phi) is 7.67. The first-order valence-electron chi connectivity index (χ1n) is 8.97. The predicted octanol–water partition coefficient (Wildman–Crippen LogP) is 4.08. The maximum Gasteiger partial charge on any atom is 0.246 e. The molecule has 0 atom stereocenters. The van der Waals surface area contributed by atoms with E-state index in [1.165, 1.54) is 25.2 Å². The number of anilines is 1. The first-order chi connectivity index (χ1) is 13.7. The first kappa shape index (κ1) is 22.3. The van der Waals surface area contributed by atoms with Gasteiger partial charge < -0.3 is 19.7 Å². The number of rotatable bonds is 7. The van der Waals surface area contributed by atoms with E-state index in [1.807, 2.05) is 32.0 Å². The molecular weight excluding hydrogens is 392 g/mol. The van der Waals surface area contributed by atoms with Gasteiger partial charge in [0.25, 0.3) is 0 Å². The van der Waals surface area contributed by atoms with E-state index in [2.05, 4.69) is 5.32 Å². The molecule has 0 aliphatic rings. The molecule has 0 aliphatic carbocycles. The molecule has 0 aliphatic heterocycles. The standard InChI is InChI=1S/C22H25ClN2O4/c1-14-6-7-15(2)18(10-14)24-20(26)13-25(3)21(27)9-8-16-11-17(23)22(29-5)19(12-16)28-4/h6-12H,13H2,1-5H3,(H,24,26)/b9-8+. The number of hydrogen-bond acceptors (Lipinski definition) is 4. The summed E-state index contributed by atoms with van der Waals surface area (Å²) in [5.74, 6) is 0.315. The number of benzene rings is 2. The van der Waals surface area contributed by atoms with Crippen molar-refractivity contribution in [3.8, 4) is 11.5 Å². The van der Waals surface area contributed by atoms with Gasteiger partial charge in [-0.3, -0.25) is 9.59 Å². The van der Waals surface area contributed by atoms with Gasteiger partial charge in [0.05, 0.1) is 25.8 Å². The van der Waals surface area contributed by atoms with Crippen molar-refractivity contribution in [2.24, 2.45) is 0 Å². The van der Waals surface area contributed by atoms with Crippen LogP contribution in [0, 0.1) is 13.8 Å². The minimum atomic E-state index is -0.313. The average molecular weight is 417 g/mol. The third kappa shape index (κ3) is 5.99. The van der Waals surface area contributed by atoms with E-state index in [4.69, 9.17) is 21.1 Å². The highest BCUT2D eigenvalue weighted by Gasteiger charge is 2.13. The fourth-order valence-corrected chi connectivity index (χ4v) is 2.98. The summed E-state index contributed by atoms with van der Waals surface area (Å²) in [6.07, 6.45) is 2.98. The maximum absolute atomic E-state index is 12.4. The first-order valence-corrected chi connectivity index (χ1v) is 9.34. The largest absolute Gasteiger partial charge is 0.493 e. The van der Waals surface area contributed by atoms with Crippen molar-refractivity contribution >= 4 is 35.2 Å². The van der Waals surface area contributed by atoms with Gasteiger partial charge in [0, 0.05) is 18.8 Å². The van der Waals surface area contributed by atoms with Gasteiger partial charge in [-0.15, -0.1) is 0 Å². The van der Waals surface area contributed by atoms with Gasteiger partial charge in [-0.1, -0.05) is 23.7 Å². The SMILES string of the molecule is COc1cc(/C=C/C(=O)N(C)CC(=O)Nc2cc(C)ccc2C)cc(Cl)c1OC. The number of halogens is 1. The van der Waals surface area contributed by atoms with Crippen LogP contribution in [0.5, 0.6) is 11.5 Å². The molecular formula is C22H25ClN2O4. The number of aryl methyl sites for hydroxylation is 2. The van der Waals surface area contributed by atoms with E-state index in [9.17, 15) is 9.59 Å². The van der Waals surface area contributed by atoms with Gasteiger partial charge >= 0.3 is 0 Å². The van der Waals surface area contributed by atoms with Crippen LogP contribution in [0.2, 0.25) is 5.02 Å². The number of nitrogens with zero attached hydrogens (tertiary/aromatic N) is 1. The van der Waals surface area contributed by atoms with Crippen molar-refractivity contribution in [2.75, 3.05) is 33.1 Å². The minimum absolute atomic E-state index is 0.0662. The van der Waals surface area contributed by atoms with Gasteiger partial charge in [0.15, 0.2) is 11.5 Å². The van der Waals surface area contributed by atoms with Crippen molar-refractivity contribution in [3.05, 3.63) is 58.1 Å². The number of hydrogen-bond donors (Lipinski definition) is 1. The Morgan fingerprint density at radius 1 is 1.14 bits per heavy atom. The maximum atomic E-state index is 12.4. The normalized spacial score (nSPS) is 10.7. The second-order valence-electron chi connectivity index (χ2n) is 6.63. The number of methoxy groups -OCH3 is 2. The van der Waals surface area contributed by atoms with E-state index in [0.717, 1.165) is 16.8 Å². The second-order valence-corrected chi connectivity index (χ2v) is 7.04. The van der Waals surface area contributed by atoms with E-state index in [-0.39, 0.29) is 18.4 Å². The Balaban J connectivity index is 2.02. The number of carbonyl (C=O) groups excluding carboxylic acids is 2. The molecule has 2 amide bonds. The Bertz CT molecular complexity index is 941. The summed E-state index contributed by atoms with van der Waals surface area (Å²) in [4.78, 5) is 26.0. The fourth-order valence-electron chi connectivity index (χ4n) is 2.68. The molecule has 0 spiro atoms. The number of amides is 2. The molecule has 6 nitrogen and oxygen atoms in total. The molecule has 0 saturated carbocycles. The number of ether oxygens (including phenoxy) is 2. The third-order valence-electron chi connectivity index (χ3n) is 4.30. The summed E-state index contributed by atoms with van der Waals surface area (Å²) in [5.41, 5.74) is 3.43. The van der Waals surface area contributed by atoms with Gasteiger partial charge in [0.2, 0.25) is 11.8 Å². The Morgan fingerprint density at radius 2 is 1.86 bits per heavy atom. The van der Waals surface area contributed by atoms with Crippen LogP contribution in [0.15, 0.2) is 36.4 Å². The van der Waals surface area contributed by atoms with Crippen molar-refractivity contribution < 1.29 is 19.1 Å². The van der Waals surface area contributed by atoms with Crippen LogP contribution in [0.25, 0.3) is 6.08 Å². The van der Waals surface area contributed by atoms with E-state index in [0.29, 0.717) is 22.1 Å². The Morgan fingerprint density at radius 3 is 2.52 bits per heavy atom. The molecule has 0 heterocycles. The summed E-state index contributed by atoms with van der Waals surface area (Å²) in [6.45, 7) is 3.81. The van der Waals surface area contributed by atoms with Gasteiger partial charge in [-0.25, -0.2) is 0 Å². The van der Waals surface area contributed by atoms with Gasteiger partial charge in [-0.2, -0.15) is 0 Å². The van der Waals surface area contributed by atoms with E-state index in [1.54, 1.807) is 25.3 Å². The molecule has 0 bridgehead atoms. The predicted molar refractivity (Wildman–Crippen MR) is 116 cm³/mol. The van der Waals surface area contributed by atoms with Crippen molar-refractivity contribution in [1.82, 2.24) is 4.90 Å². The molecule has 0 aromatic heterocycles. The quantitative estimate of drug-likeness (QED) is 0.690. The fraction of sp³-hybridized carbons (Fsp3) is 0.273. The van der Waals surface area contributed by atoms with E-state index >= 15 is 0 Å². The van der Waals surface area contributed by atoms with Gasteiger partial charge in [0.1, 0.15) is 0 Å². The lowest BCUT2D eigenvalue weighted by atomic mass is 10.1. The molecule has 0 radical (unpaired) electrons. The van der Waals surface area contributed by atoms with Crippen molar-refractivity contribution in [2.45, 2.75) is 13.8 Å². The molecule has 154 valence electrons. The molecule has 2 aromatic rings. The zero-order valence-corrected chi connectivity index (χ0v) is 18.0. The summed E-state index contributed by atoms with van der Waals surface area (Å²) in [6, 6.07) is 9.19. The van der Waals surface area contributed by atoms with Crippen LogP contribution in [-0.2, 0) is 9.59 Å². The summed E-state index contributed by atoms with van der Waals surface area (Å²) in [5, 5.41) is 3.22. The Labute approximate surface area is 176 Å². The molecule has 0 fully saturated rings. The smallest absolute Gasteiger partial charge is 0.246 e. The lowest BCUT2D eigenvalue weighted by Crippen LogP contribution is -2.34. The molecule has 7 heteroatoms. The molecule has 2 rings (SSSR count). The second kappa shape index (κ2) is 9.98. The van der Waals surface area contributed by atoms with Crippen LogP contribution in [0.1, 0.15) is 16.7 Å². The number of likely N-dealkylation sites (N-methyl/N-ethyl adjacent to an activating group) is 1. The highest BCUT2D eigenvalue weighted by atomic mass is 35.5. The summed E-state index contributed by atoms with van der Waals surface area (Å²) in [7, 11) is 4.58. The minimum Gasteiger partial charge on any atom is -0.493 e. The highest BCUT2D eigenvalue weighted by molar-refractivity contribution is 6.32. The average Bonchev–Trinajstić information content (AvgIpc) is 2.68. The van der Waals surface area contributed by atoms with Crippen LogP contribution in [-0.4, -0.2) is 44.5 Å². The zero-order chi connectivity index (χ0) is 21.6. The molecule has 29 heavy (non-hydrogen) atoms. The van der Waals surface area contributed by atoms with Crippen LogP contribution in [0.4, 0.5) is 5.69 Å². The molecule has 0 unspecified atom stereocenters. The van der Waals surface area contributed by atoms with Crippen LogP contribution >= 0.6 is 11.6 Å². The molecule has 0 saturated heterocycles. The number of carbonyl (C=O) groups is 2. The van der Waals surface area contributed by atoms with Crippen LogP contribution < -0.4 is 14.8 Å². The third-order valence-corrected chi connectivity index (χ3v) is 4.58. The van der Waals surface area contributed by atoms with E-state index < -0.39 is 0 Å². The lowest BCUT2D eigenvalue weighted by molar-refractivity contribution is -0.129. The monoisotopic (exact) mass is 416 g/mol. The zero-order valence-electron chi connectivity index (χ0n) is 17.2. The highest BCUT2D eigenvalue weighted by Crippen LogP contribution is 2.36. The summed E-state index contributed by atoms with van der Waals surface area (Å²) >= 11 is 6.17. The lowest BCUT2D eigenvalue weighted by Gasteiger charge is -2.16. The topological polar surface area (TPSA) is 67.9 Å². The van der Waals surface area contributed by atoms with Crippen LogP contribution in [0.3, 0.4) is 0 Å². The Hall–Kier alpha value is -2.99. The van der Waals surface area contributed by atoms with Crippen molar-refractivity contribution in [3.63, 3.8) is 0 Å². The molecule has 1 N–H and O–H groups in total. The number of nitrogens with one attached hydrogen (secondary N) is 1. The van der Waals surface area contributed by atoms with Crippen molar-refractivity contribution in [1.29, 1.82) is 0 Å². The van der Waals surface area contributed by atoms with Gasteiger partial charge in [-0.05, 0) is 54.8 Å².